The molecular formula is C15H22N2O3. The molecule has 0 aliphatic heterocycles. The van der Waals surface area contributed by atoms with Crippen molar-refractivity contribution in [3.63, 3.8) is 0 Å². The molecule has 5 nitrogen and oxygen atoms in total. The Bertz CT molecular complexity index is 472. The van der Waals surface area contributed by atoms with Crippen molar-refractivity contribution < 1.29 is 14.7 Å². The Hall–Kier alpha value is -1.88. The van der Waals surface area contributed by atoms with Crippen molar-refractivity contribution in [3.8, 4) is 0 Å². The number of benzene rings is 1. The van der Waals surface area contributed by atoms with Crippen molar-refractivity contribution in [2.75, 3.05) is 0 Å². The molecule has 1 atom stereocenters. The SMILES string of the molecule is CC(=O)NC(C(=O)NCc1ccccc1CO)C(C)C. The Morgan fingerprint density at radius 1 is 1.20 bits per heavy atom. The van der Waals surface area contributed by atoms with Crippen LogP contribution in [0, 0.1) is 5.92 Å². The molecule has 5 heteroatoms. The molecule has 0 radical (unpaired) electrons. The predicted molar refractivity (Wildman–Crippen MR) is 76.7 cm³/mol. The van der Waals surface area contributed by atoms with Crippen LogP contribution in [0.25, 0.3) is 0 Å². The van der Waals surface area contributed by atoms with Crippen LogP contribution in [-0.2, 0) is 22.7 Å². The van der Waals surface area contributed by atoms with Crippen molar-refractivity contribution in [1.82, 2.24) is 10.6 Å². The van der Waals surface area contributed by atoms with Crippen LogP contribution in [0.15, 0.2) is 24.3 Å². The lowest BCUT2D eigenvalue weighted by Crippen LogP contribution is -2.48. The van der Waals surface area contributed by atoms with Gasteiger partial charge < -0.3 is 15.7 Å². The second-order valence-corrected chi connectivity index (χ2v) is 5.07. The van der Waals surface area contributed by atoms with Gasteiger partial charge in [0.2, 0.25) is 11.8 Å². The van der Waals surface area contributed by atoms with E-state index >= 15 is 0 Å². The number of amides is 2. The summed E-state index contributed by atoms with van der Waals surface area (Å²) in [5.41, 5.74) is 1.65. The minimum atomic E-state index is -0.547. The molecule has 0 heterocycles. The average Bonchev–Trinajstić information content (AvgIpc) is 2.42. The van der Waals surface area contributed by atoms with Gasteiger partial charge in [-0.25, -0.2) is 0 Å². The fourth-order valence-electron chi connectivity index (χ4n) is 1.93. The first-order valence-corrected chi connectivity index (χ1v) is 6.68. The molecule has 3 N–H and O–H groups in total. The molecule has 0 saturated carbocycles. The van der Waals surface area contributed by atoms with Gasteiger partial charge in [-0.1, -0.05) is 38.1 Å². The van der Waals surface area contributed by atoms with Crippen molar-refractivity contribution in [3.05, 3.63) is 35.4 Å². The second kappa shape index (κ2) is 7.65. The van der Waals surface area contributed by atoms with E-state index in [0.717, 1.165) is 11.1 Å². The van der Waals surface area contributed by atoms with E-state index in [4.69, 9.17) is 0 Å². The molecule has 0 saturated heterocycles. The molecule has 1 aromatic carbocycles. The average molecular weight is 278 g/mol. The Balaban J connectivity index is 2.67. The third-order valence-electron chi connectivity index (χ3n) is 3.05. The van der Waals surface area contributed by atoms with E-state index in [1.807, 2.05) is 38.1 Å². The first-order chi connectivity index (χ1) is 9.45. The van der Waals surface area contributed by atoms with Crippen LogP contribution in [0.3, 0.4) is 0 Å². The fourth-order valence-corrected chi connectivity index (χ4v) is 1.93. The van der Waals surface area contributed by atoms with E-state index in [-0.39, 0.29) is 24.3 Å². The highest BCUT2D eigenvalue weighted by molar-refractivity contribution is 5.87. The van der Waals surface area contributed by atoms with E-state index in [1.165, 1.54) is 6.92 Å². The number of carbonyl (C=O) groups excluding carboxylic acids is 2. The molecule has 1 aromatic rings. The van der Waals surface area contributed by atoms with E-state index < -0.39 is 6.04 Å². The molecule has 2 amide bonds. The molecule has 20 heavy (non-hydrogen) atoms. The molecule has 110 valence electrons. The first-order valence-electron chi connectivity index (χ1n) is 6.68. The van der Waals surface area contributed by atoms with Gasteiger partial charge in [-0.15, -0.1) is 0 Å². The lowest BCUT2D eigenvalue weighted by Gasteiger charge is -2.21. The summed E-state index contributed by atoms with van der Waals surface area (Å²) in [7, 11) is 0. The molecular weight excluding hydrogens is 256 g/mol. The van der Waals surface area contributed by atoms with Crippen LogP contribution in [0.4, 0.5) is 0 Å². The number of hydrogen-bond donors (Lipinski definition) is 3. The van der Waals surface area contributed by atoms with Gasteiger partial charge in [-0.05, 0) is 17.0 Å². The maximum absolute atomic E-state index is 12.1. The predicted octanol–water partition coefficient (Wildman–Crippen LogP) is 0.956. The monoisotopic (exact) mass is 278 g/mol. The highest BCUT2D eigenvalue weighted by atomic mass is 16.3. The van der Waals surface area contributed by atoms with Crippen LogP contribution in [0.2, 0.25) is 0 Å². The van der Waals surface area contributed by atoms with Gasteiger partial charge in [-0.2, -0.15) is 0 Å². The van der Waals surface area contributed by atoms with Crippen LogP contribution in [0.1, 0.15) is 31.9 Å². The van der Waals surface area contributed by atoms with E-state index in [9.17, 15) is 14.7 Å². The second-order valence-electron chi connectivity index (χ2n) is 5.07. The zero-order valence-electron chi connectivity index (χ0n) is 12.1. The zero-order chi connectivity index (χ0) is 15.1. The molecule has 0 bridgehead atoms. The molecule has 0 aliphatic rings. The molecule has 1 rings (SSSR count). The topological polar surface area (TPSA) is 78.4 Å². The summed E-state index contributed by atoms with van der Waals surface area (Å²) in [4.78, 5) is 23.2. The van der Waals surface area contributed by atoms with Crippen LogP contribution in [-0.4, -0.2) is 23.0 Å². The summed E-state index contributed by atoms with van der Waals surface area (Å²) >= 11 is 0. The molecule has 0 spiro atoms. The van der Waals surface area contributed by atoms with E-state index in [1.54, 1.807) is 0 Å². The number of aliphatic hydroxyl groups excluding tert-OH is 1. The molecule has 1 unspecified atom stereocenters. The highest BCUT2D eigenvalue weighted by Crippen LogP contribution is 2.09. The number of hydrogen-bond acceptors (Lipinski definition) is 3. The maximum atomic E-state index is 12.1. The van der Waals surface area contributed by atoms with Crippen LogP contribution >= 0.6 is 0 Å². The largest absolute Gasteiger partial charge is 0.392 e. The van der Waals surface area contributed by atoms with Gasteiger partial charge >= 0.3 is 0 Å². The molecule has 0 aromatic heterocycles. The first kappa shape index (κ1) is 16.2. The van der Waals surface area contributed by atoms with Gasteiger partial charge in [0, 0.05) is 13.5 Å². The van der Waals surface area contributed by atoms with Gasteiger partial charge in [0.05, 0.1) is 6.61 Å². The Labute approximate surface area is 119 Å². The quantitative estimate of drug-likeness (QED) is 0.725. The Kier molecular flexibility index (Phi) is 6.18. The number of nitrogens with one attached hydrogen (secondary N) is 2. The lowest BCUT2D eigenvalue weighted by molar-refractivity contribution is -0.129. The Morgan fingerprint density at radius 3 is 2.30 bits per heavy atom. The molecule has 0 aliphatic carbocycles. The molecule has 0 fully saturated rings. The van der Waals surface area contributed by atoms with Crippen LogP contribution < -0.4 is 10.6 Å². The number of aliphatic hydroxyl groups is 1. The summed E-state index contributed by atoms with van der Waals surface area (Å²) in [6.07, 6.45) is 0. The Morgan fingerprint density at radius 2 is 1.80 bits per heavy atom. The maximum Gasteiger partial charge on any atom is 0.243 e. The minimum absolute atomic E-state index is 0.00647. The lowest BCUT2D eigenvalue weighted by atomic mass is 10.0. The summed E-state index contributed by atoms with van der Waals surface area (Å²) in [6, 6.07) is 6.82. The van der Waals surface area contributed by atoms with E-state index in [0.29, 0.717) is 6.54 Å². The summed E-state index contributed by atoms with van der Waals surface area (Å²) in [5.74, 6) is -0.440. The fraction of sp³-hybridized carbons (Fsp3) is 0.467. The highest BCUT2D eigenvalue weighted by Gasteiger charge is 2.22. The van der Waals surface area contributed by atoms with Gasteiger partial charge in [0.25, 0.3) is 0 Å². The van der Waals surface area contributed by atoms with Crippen molar-refractivity contribution >= 4 is 11.8 Å². The third-order valence-corrected chi connectivity index (χ3v) is 3.05. The van der Waals surface area contributed by atoms with E-state index in [2.05, 4.69) is 10.6 Å². The smallest absolute Gasteiger partial charge is 0.243 e. The van der Waals surface area contributed by atoms with Gasteiger partial charge in [0.15, 0.2) is 0 Å². The summed E-state index contributed by atoms with van der Waals surface area (Å²) < 4.78 is 0. The number of rotatable bonds is 6. The van der Waals surface area contributed by atoms with Crippen molar-refractivity contribution in [1.29, 1.82) is 0 Å². The minimum Gasteiger partial charge on any atom is -0.392 e. The van der Waals surface area contributed by atoms with Crippen molar-refractivity contribution in [2.24, 2.45) is 5.92 Å². The number of carbonyl (C=O) groups is 2. The summed E-state index contributed by atoms with van der Waals surface area (Å²) in [6.45, 7) is 5.41. The van der Waals surface area contributed by atoms with Gasteiger partial charge in [0.1, 0.15) is 6.04 Å². The normalized spacial score (nSPS) is 12.1. The van der Waals surface area contributed by atoms with Crippen LogP contribution in [0.5, 0.6) is 0 Å². The van der Waals surface area contributed by atoms with Gasteiger partial charge in [-0.3, -0.25) is 9.59 Å². The standard InChI is InChI=1S/C15H22N2O3/c1-10(2)14(17-11(3)19)15(20)16-8-12-6-4-5-7-13(12)9-18/h4-7,10,14,18H,8-9H2,1-3H3,(H,16,20)(H,17,19). The third kappa shape index (κ3) is 4.66. The zero-order valence-corrected chi connectivity index (χ0v) is 12.1. The van der Waals surface area contributed by atoms with Crippen molar-refractivity contribution in [2.45, 2.75) is 40.0 Å². The summed E-state index contributed by atoms with van der Waals surface area (Å²) in [5, 5.41) is 14.7.